The highest BCUT2D eigenvalue weighted by molar-refractivity contribution is 14.1. The molecule has 0 spiro atoms. The van der Waals surface area contributed by atoms with Crippen molar-refractivity contribution in [1.82, 2.24) is 0 Å². The zero-order valence-corrected chi connectivity index (χ0v) is 11.6. The molecule has 5 heteroatoms. The standard InChI is InChI=1S/C13H12IN3O/c14-9-3-1-2-4-11(9)17-12-6-5-8(13(16)18)7-10(12)15/h1-7,17H,15H2,(H2,16,18). The third-order valence-electron chi connectivity index (χ3n) is 2.48. The monoisotopic (exact) mass is 353 g/mol. The highest BCUT2D eigenvalue weighted by atomic mass is 127. The topological polar surface area (TPSA) is 81.1 Å². The first-order valence-electron chi connectivity index (χ1n) is 5.29. The van der Waals surface area contributed by atoms with Gasteiger partial charge in [0.2, 0.25) is 5.91 Å². The van der Waals surface area contributed by atoms with E-state index in [-0.39, 0.29) is 0 Å². The molecule has 4 nitrogen and oxygen atoms in total. The Kier molecular flexibility index (Phi) is 3.71. The maximum Gasteiger partial charge on any atom is 0.248 e. The fourth-order valence-corrected chi connectivity index (χ4v) is 2.06. The molecule has 2 aromatic carbocycles. The minimum Gasteiger partial charge on any atom is -0.397 e. The zero-order valence-electron chi connectivity index (χ0n) is 9.48. The van der Waals surface area contributed by atoms with Crippen molar-refractivity contribution in [2.75, 3.05) is 11.1 Å². The number of para-hydroxylation sites is 1. The van der Waals surface area contributed by atoms with Crippen LogP contribution < -0.4 is 16.8 Å². The second kappa shape index (κ2) is 5.26. The number of carbonyl (C=O) groups excluding carboxylic acids is 1. The Morgan fingerprint density at radius 1 is 1.11 bits per heavy atom. The van der Waals surface area contributed by atoms with Crippen molar-refractivity contribution in [3.63, 3.8) is 0 Å². The smallest absolute Gasteiger partial charge is 0.248 e. The minimum atomic E-state index is -0.484. The van der Waals surface area contributed by atoms with Crippen LogP contribution in [-0.2, 0) is 0 Å². The number of rotatable bonds is 3. The fourth-order valence-electron chi connectivity index (χ4n) is 1.54. The van der Waals surface area contributed by atoms with E-state index in [4.69, 9.17) is 11.5 Å². The van der Waals surface area contributed by atoms with Crippen LogP contribution in [0, 0.1) is 3.57 Å². The summed E-state index contributed by atoms with van der Waals surface area (Å²) in [5.74, 6) is -0.484. The SMILES string of the molecule is NC(=O)c1ccc(Nc2ccccc2I)c(N)c1. The molecule has 0 saturated heterocycles. The van der Waals surface area contributed by atoms with Gasteiger partial charge in [-0.3, -0.25) is 4.79 Å². The first-order valence-corrected chi connectivity index (χ1v) is 6.36. The summed E-state index contributed by atoms with van der Waals surface area (Å²) >= 11 is 2.24. The van der Waals surface area contributed by atoms with Crippen LogP contribution in [0.25, 0.3) is 0 Å². The number of benzene rings is 2. The average molecular weight is 353 g/mol. The molecular weight excluding hydrogens is 341 g/mol. The summed E-state index contributed by atoms with van der Waals surface area (Å²) in [5, 5.41) is 3.22. The molecular formula is C13H12IN3O. The van der Waals surface area contributed by atoms with Crippen LogP contribution in [0.3, 0.4) is 0 Å². The Morgan fingerprint density at radius 2 is 1.83 bits per heavy atom. The molecule has 0 saturated carbocycles. The zero-order chi connectivity index (χ0) is 13.1. The van der Waals surface area contributed by atoms with Crippen molar-refractivity contribution in [2.45, 2.75) is 0 Å². The molecule has 18 heavy (non-hydrogen) atoms. The Balaban J connectivity index is 2.30. The summed E-state index contributed by atoms with van der Waals surface area (Å²) in [6.07, 6.45) is 0. The Morgan fingerprint density at radius 3 is 2.44 bits per heavy atom. The van der Waals surface area contributed by atoms with Crippen molar-refractivity contribution in [3.8, 4) is 0 Å². The molecule has 0 bridgehead atoms. The van der Waals surface area contributed by atoms with Crippen molar-refractivity contribution in [1.29, 1.82) is 0 Å². The van der Waals surface area contributed by atoms with E-state index in [2.05, 4.69) is 27.9 Å². The second-order valence-corrected chi connectivity index (χ2v) is 4.93. The summed E-state index contributed by atoms with van der Waals surface area (Å²) < 4.78 is 1.09. The molecule has 0 atom stereocenters. The quantitative estimate of drug-likeness (QED) is 0.586. The van der Waals surface area contributed by atoms with Gasteiger partial charge < -0.3 is 16.8 Å². The molecule has 1 amide bonds. The summed E-state index contributed by atoms with van der Waals surface area (Å²) in [6.45, 7) is 0. The molecule has 0 heterocycles. The van der Waals surface area contributed by atoms with Crippen LogP contribution in [0.2, 0.25) is 0 Å². The van der Waals surface area contributed by atoms with Crippen molar-refractivity contribution >= 4 is 45.6 Å². The second-order valence-electron chi connectivity index (χ2n) is 3.77. The van der Waals surface area contributed by atoms with Crippen molar-refractivity contribution in [2.24, 2.45) is 5.73 Å². The third kappa shape index (κ3) is 2.73. The van der Waals surface area contributed by atoms with Gasteiger partial charge in [0.05, 0.1) is 17.1 Å². The number of amides is 1. The van der Waals surface area contributed by atoms with E-state index >= 15 is 0 Å². The van der Waals surface area contributed by atoms with Gasteiger partial charge in [-0.05, 0) is 52.9 Å². The van der Waals surface area contributed by atoms with Crippen LogP contribution >= 0.6 is 22.6 Å². The first-order chi connectivity index (χ1) is 8.58. The van der Waals surface area contributed by atoms with E-state index in [0.29, 0.717) is 11.3 Å². The lowest BCUT2D eigenvalue weighted by Crippen LogP contribution is -2.11. The number of anilines is 3. The molecule has 92 valence electrons. The van der Waals surface area contributed by atoms with Gasteiger partial charge in [0.25, 0.3) is 0 Å². The highest BCUT2D eigenvalue weighted by Gasteiger charge is 2.06. The molecule has 2 rings (SSSR count). The van der Waals surface area contributed by atoms with Gasteiger partial charge in [-0.25, -0.2) is 0 Å². The van der Waals surface area contributed by atoms with E-state index in [0.717, 1.165) is 14.9 Å². The van der Waals surface area contributed by atoms with E-state index in [1.807, 2.05) is 24.3 Å². The molecule has 0 radical (unpaired) electrons. The van der Waals surface area contributed by atoms with Gasteiger partial charge >= 0.3 is 0 Å². The number of hydrogen-bond donors (Lipinski definition) is 3. The molecule has 0 fully saturated rings. The van der Waals surface area contributed by atoms with Gasteiger partial charge in [0.1, 0.15) is 0 Å². The predicted octanol–water partition coefficient (Wildman–Crippen LogP) is 2.72. The van der Waals surface area contributed by atoms with Crippen molar-refractivity contribution < 1.29 is 4.79 Å². The number of nitrogen functional groups attached to an aromatic ring is 1. The number of halogens is 1. The maximum atomic E-state index is 11.0. The first kappa shape index (κ1) is 12.7. The number of nitrogens with one attached hydrogen (secondary N) is 1. The number of hydrogen-bond acceptors (Lipinski definition) is 3. The van der Waals surface area contributed by atoms with E-state index in [1.54, 1.807) is 18.2 Å². The lowest BCUT2D eigenvalue weighted by molar-refractivity contribution is 0.100. The molecule has 5 N–H and O–H groups in total. The number of carbonyl (C=O) groups is 1. The summed E-state index contributed by atoms with van der Waals surface area (Å²) in [5.41, 5.74) is 13.7. The van der Waals surface area contributed by atoms with Gasteiger partial charge in [-0.1, -0.05) is 12.1 Å². The Labute approximate surface area is 119 Å². The van der Waals surface area contributed by atoms with Crippen LogP contribution in [0.5, 0.6) is 0 Å². The normalized spacial score (nSPS) is 10.1. The fraction of sp³-hybridized carbons (Fsp3) is 0. The van der Waals surface area contributed by atoms with Gasteiger partial charge in [0, 0.05) is 9.13 Å². The van der Waals surface area contributed by atoms with E-state index in [1.165, 1.54) is 0 Å². The lowest BCUT2D eigenvalue weighted by atomic mass is 10.1. The van der Waals surface area contributed by atoms with Crippen LogP contribution in [0.15, 0.2) is 42.5 Å². The van der Waals surface area contributed by atoms with Crippen LogP contribution in [-0.4, -0.2) is 5.91 Å². The Hall–Kier alpha value is -1.76. The van der Waals surface area contributed by atoms with Crippen molar-refractivity contribution in [3.05, 3.63) is 51.6 Å². The number of primary amides is 1. The molecule has 0 aliphatic rings. The van der Waals surface area contributed by atoms with Crippen LogP contribution in [0.4, 0.5) is 17.1 Å². The third-order valence-corrected chi connectivity index (χ3v) is 3.42. The summed E-state index contributed by atoms with van der Waals surface area (Å²) in [6, 6.07) is 12.8. The molecule has 0 aliphatic carbocycles. The number of nitrogens with two attached hydrogens (primary N) is 2. The highest BCUT2D eigenvalue weighted by Crippen LogP contribution is 2.26. The lowest BCUT2D eigenvalue weighted by Gasteiger charge is -2.11. The van der Waals surface area contributed by atoms with E-state index < -0.39 is 5.91 Å². The Bertz CT molecular complexity index is 599. The van der Waals surface area contributed by atoms with Gasteiger partial charge in [-0.2, -0.15) is 0 Å². The maximum absolute atomic E-state index is 11.0. The van der Waals surface area contributed by atoms with Gasteiger partial charge in [0.15, 0.2) is 0 Å². The summed E-state index contributed by atoms with van der Waals surface area (Å²) in [7, 11) is 0. The largest absolute Gasteiger partial charge is 0.397 e. The average Bonchev–Trinajstić information content (AvgIpc) is 2.34. The summed E-state index contributed by atoms with van der Waals surface area (Å²) in [4.78, 5) is 11.0. The molecule has 0 unspecified atom stereocenters. The van der Waals surface area contributed by atoms with Crippen LogP contribution in [0.1, 0.15) is 10.4 Å². The van der Waals surface area contributed by atoms with E-state index in [9.17, 15) is 4.79 Å². The predicted molar refractivity (Wildman–Crippen MR) is 81.8 cm³/mol. The molecule has 0 aliphatic heterocycles. The van der Waals surface area contributed by atoms with Gasteiger partial charge in [-0.15, -0.1) is 0 Å². The minimum absolute atomic E-state index is 0.404. The molecule has 0 aromatic heterocycles. The molecule has 2 aromatic rings.